The van der Waals surface area contributed by atoms with Crippen LogP contribution in [-0.4, -0.2) is 30.8 Å². The fourth-order valence-corrected chi connectivity index (χ4v) is 2.78. The van der Waals surface area contributed by atoms with Gasteiger partial charge in [-0.15, -0.1) is 10.2 Å². The number of nitro benzene ring substituents is 1. The number of aryl methyl sites for hydroxylation is 1. The predicted molar refractivity (Wildman–Crippen MR) is 103 cm³/mol. The molecule has 0 spiro atoms. The number of hydrogen-bond acceptors (Lipinski definition) is 7. The summed E-state index contributed by atoms with van der Waals surface area (Å²) in [5.74, 6) is 0.232. The van der Waals surface area contributed by atoms with Gasteiger partial charge >= 0.3 is 0 Å². The maximum absolute atomic E-state index is 10.9. The van der Waals surface area contributed by atoms with E-state index in [1.807, 2.05) is 25.1 Å². The molecule has 27 heavy (non-hydrogen) atoms. The lowest BCUT2D eigenvalue weighted by Gasteiger charge is -2.02. The average Bonchev–Trinajstić information content (AvgIpc) is 3.03. The number of H-pyrrole nitrogens is 1. The average molecular weight is 361 g/mol. The van der Waals surface area contributed by atoms with E-state index in [9.17, 15) is 10.1 Å². The highest BCUT2D eigenvalue weighted by molar-refractivity contribution is 6.03. The minimum atomic E-state index is -0.442. The first kappa shape index (κ1) is 16.6. The molecule has 2 heterocycles. The van der Waals surface area contributed by atoms with Crippen molar-refractivity contribution in [2.75, 3.05) is 5.43 Å². The van der Waals surface area contributed by atoms with Crippen LogP contribution in [0.2, 0.25) is 0 Å². The van der Waals surface area contributed by atoms with Gasteiger partial charge in [-0.1, -0.05) is 23.8 Å². The van der Waals surface area contributed by atoms with E-state index in [1.54, 1.807) is 19.1 Å². The van der Waals surface area contributed by atoms with E-state index in [4.69, 9.17) is 0 Å². The number of hydrogen-bond donors (Lipinski definition) is 2. The van der Waals surface area contributed by atoms with E-state index < -0.39 is 4.92 Å². The van der Waals surface area contributed by atoms with Crippen molar-refractivity contribution >= 4 is 39.4 Å². The van der Waals surface area contributed by atoms with Crippen molar-refractivity contribution in [3.63, 3.8) is 0 Å². The van der Waals surface area contributed by atoms with Crippen LogP contribution in [0.25, 0.3) is 22.1 Å². The lowest BCUT2D eigenvalue weighted by Crippen LogP contribution is -2.03. The van der Waals surface area contributed by atoms with E-state index >= 15 is 0 Å². The largest absolute Gasteiger partial charge is 0.338 e. The van der Waals surface area contributed by atoms with Crippen LogP contribution in [0.3, 0.4) is 0 Å². The summed E-state index contributed by atoms with van der Waals surface area (Å²) < 4.78 is 0. The molecule has 0 radical (unpaired) electrons. The van der Waals surface area contributed by atoms with Crippen molar-refractivity contribution in [2.45, 2.75) is 13.8 Å². The quantitative estimate of drug-likeness (QED) is 0.325. The van der Waals surface area contributed by atoms with Gasteiger partial charge in [-0.05, 0) is 26.0 Å². The Balaban J connectivity index is 1.63. The van der Waals surface area contributed by atoms with Crippen LogP contribution in [0.5, 0.6) is 0 Å². The molecule has 0 aliphatic carbocycles. The minimum Gasteiger partial charge on any atom is -0.338 e. The minimum absolute atomic E-state index is 0.00903. The number of rotatable bonds is 4. The Morgan fingerprint density at radius 1 is 1.22 bits per heavy atom. The Morgan fingerprint density at radius 2 is 2.07 bits per heavy atom. The van der Waals surface area contributed by atoms with Crippen LogP contribution in [0, 0.1) is 17.0 Å². The van der Waals surface area contributed by atoms with Crippen molar-refractivity contribution < 1.29 is 4.92 Å². The van der Waals surface area contributed by atoms with Gasteiger partial charge in [-0.25, -0.2) is 5.43 Å². The second-order valence-electron chi connectivity index (χ2n) is 6.12. The topological polar surface area (TPSA) is 122 Å². The van der Waals surface area contributed by atoms with Gasteiger partial charge in [-0.3, -0.25) is 10.1 Å². The number of nitro groups is 1. The third-order valence-corrected chi connectivity index (χ3v) is 4.17. The van der Waals surface area contributed by atoms with Crippen molar-refractivity contribution in [1.82, 2.24) is 20.2 Å². The van der Waals surface area contributed by atoms with Gasteiger partial charge in [-0.2, -0.15) is 10.1 Å². The molecule has 0 saturated heterocycles. The lowest BCUT2D eigenvalue weighted by molar-refractivity contribution is -0.384. The molecule has 2 aromatic heterocycles. The monoisotopic (exact) mass is 361 g/mol. The summed E-state index contributed by atoms with van der Waals surface area (Å²) in [4.78, 5) is 18.1. The zero-order chi connectivity index (χ0) is 19.0. The van der Waals surface area contributed by atoms with Crippen molar-refractivity contribution in [3.05, 3.63) is 63.7 Å². The van der Waals surface area contributed by atoms with Gasteiger partial charge in [0, 0.05) is 28.6 Å². The van der Waals surface area contributed by atoms with E-state index in [0.717, 1.165) is 16.5 Å². The molecule has 9 heteroatoms. The molecule has 0 unspecified atom stereocenters. The van der Waals surface area contributed by atoms with Gasteiger partial charge in [0.15, 0.2) is 5.65 Å². The second-order valence-corrected chi connectivity index (χ2v) is 6.12. The highest BCUT2D eigenvalue weighted by atomic mass is 16.6. The zero-order valence-electron chi connectivity index (χ0n) is 14.6. The molecule has 0 aliphatic heterocycles. The van der Waals surface area contributed by atoms with Gasteiger partial charge < -0.3 is 4.98 Å². The number of non-ortho nitro benzene ring substituents is 1. The normalized spacial score (nSPS) is 11.9. The lowest BCUT2D eigenvalue weighted by atomic mass is 10.1. The van der Waals surface area contributed by atoms with Crippen LogP contribution < -0.4 is 5.43 Å². The molecule has 9 nitrogen and oxygen atoms in total. The molecule has 0 amide bonds. The van der Waals surface area contributed by atoms with Crippen molar-refractivity contribution in [2.24, 2.45) is 5.10 Å². The van der Waals surface area contributed by atoms with Crippen LogP contribution in [-0.2, 0) is 0 Å². The SMILES string of the molecule is C/C(=N\Nc1nnc2c(n1)[nH]c1ccc(C)cc12)c1cccc([N+](=O)[O-])c1. The van der Waals surface area contributed by atoms with Gasteiger partial charge in [0.2, 0.25) is 0 Å². The number of aromatic amines is 1. The summed E-state index contributed by atoms with van der Waals surface area (Å²) in [6, 6.07) is 12.3. The fourth-order valence-electron chi connectivity index (χ4n) is 2.78. The molecule has 2 aromatic carbocycles. The summed E-state index contributed by atoms with van der Waals surface area (Å²) in [6.45, 7) is 3.75. The van der Waals surface area contributed by atoms with Crippen LogP contribution >= 0.6 is 0 Å². The smallest absolute Gasteiger partial charge is 0.270 e. The third kappa shape index (κ3) is 3.17. The Hall–Kier alpha value is -3.88. The maximum Gasteiger partial charge on any atom is 0.270 e. The third-order valence-electron chi connectivity index (χ3n) is 4.17. The molecular formula is C18H15N7O2. The Labute approximate surface area is 153 Å². The molecule has 0 bridgehead atoms. The summed E-state index contributed by atoms with van der Waals surface area (Å²) in [6.07, 6.45) is 0. The van der Waals surface area contributed by atoms with E-state index in [0.29, 0.717) is 22.4 Å². The van der Waals surface area contributed by atoms with Crippen LogP contribution in [0.1, 0.15) is 18.1 Å². The van der Waals surface area contributed by atoms with E-state index in [-0.39, 0.29) is 11.6 Å². The first-order valence-corrected chi connectivity index (χ1v) is 8.19. The van der Waals surface area contributed by atoms with Gasteiger partial charge in [0.05, 0.1) is 10.6 Å². The molecular weight excluding hydrogens is 346 g/mol. The summed E-state index contributed by atoms with van der Waals surface area (Å²) in [5.41, 5.74) is 7.32. The first-order chi connectivity index (χ1) is 13.0. The van der Waals surface area contributed by atoms with Crippen molar-refractivity contribution in [3.8, 4) is 0 Å². The number of hydrazone groups is 1. The van der Waals surface area contributed by atoms with Gasteiger partial charge in [0.1, 0.15) is 5.52 Å². The number of nitrogens with one attached hydrogen (secondary N) is 2. The number of fused-ring (bicyclic) bond motifs is 3. The molecule has 0 fully saturated rings. The zero-order valence-corrected chi connectivity index (χ0v) is 14.6. The molecule has 0 saturated carbocycles. The molecule has 2 N–H and O–H groups in total. The van der Waals surface area contributed by atoms with E-state index in [2.05, 4.69) is 30.7 Å². The van der Waals surface area contributed by atoms with Crippen LogP contribution in [0.15, 0.2) is 47.6 Å². The number of benzene rings is 2. The summed E-state index contributed by atoms with van der Waals surface area (Å²) in [5, 5.41) is 24.4. The Bertz CT molecular complexity index is 1210. The number of anilines is 1. The second kappa shape index (κ2) is 6.45. The fraction of sp³-hybridized carbons (Fsp3) is 0.111. The summed E-state index contributed by atoms with van der Waals surface area (Å²) >= 11 is 0. The molecule has 4 aromatic rings. The Kier molecular flexibility index (Phi) is 3.96. The first-order valence-electron chi connectivity index (χ1n) is 8.19. The molecule has 0 atom stereocenters. The molecule has 4 rings (SSSR count). The van der Waals surface area contributed by atoms with Crippen LogP contribution in [0.4, 0.5) is 11.6 Å². The predicted octanol–water partition coefficient (Wildman–Crippen LogP) is 3.56. The number of aromatic nitrogens is 4. The molecule has 0 aliphatic rings. The van der Waals surface area contributed by atoms with E-state index in [1.165, 1.54) is 12.1 Å². The molecule has 134 valence electrons. The number of nitrogens with zero attached hydrogens (tertiary/aromatic N) is 5. The summed E-state index contributed by atoms with van der Waals surface area (Å²) in [7, 11) is 0. The standard InChI is InChI=1S/C18H15N7O2/c1-10-6-7-15-14(8-10)16-17(19-15)20-18(24-22-16)23-21-11(2)12-4-3-5-13(9-12)25(26)27/h3-9H,1-2H3,(H2,19,20,23,24)/b21-11+. The maximum atomic E-state index is 10.9. The Morgan fingerprint density at radius 3 is 2.89 bits per heavy atom. The highest BCUT2D eigenvalue weighted by Crippen LogP contribution is 2.23. The van der Waals surface area contributed by atoms with Crippen molar-refractivity contribution in [1.29, 1.82) is 0 Å². The van der Waals surface area contributed by atoms with Gasteiger partial charge in [0.25, 0.3) is 11.6 Å². The highest BCUT2D eigenvalue weighted by Gasteiger charge is 2.10.